The Bertz CT molecular complexity index is 65.1. The van der Waals surface area contributed by atoms with Crippen LogP contribution in [0.2, 0.25) is 0 Å². The van der Waals surface area contributed by atoms with Crippen LogP contribution < -0.4 is 0 Å². The molecular formula is C9H18O. The molecule has 0 heterocycles. The van der Waals surface area contributed by atoms with Crippen molar-refractivity contribution in [2.24, 2.45) is 11.8 Å². The van der Waals surface area contributed by atoms with Gasteiger partial charge in [0.25, 0.3) is 0 Å². The third-order valence-corrected chi connectivity index (χ3v) is 0.813. The summed E-state index contributed by atoms with van der Waals surface area (Å²) in [5.74, 6) is 0.852. The van der Waals surface area contributed by atoms with Gasteiger partial charge >= 0.3 is 0 Å². The second-order valence-corrected chi connectivity index (χ2v) is 2.96. The van der Waals surface area contributed by atoms with Crippen molar-refractivity contribution >= 4 is 6.29 Å². The minimum Gasteiger partial charge on any atom is -0.291 e. The second-order valence-electron chi connectivity index (χ2n) is 2.96. The summed E-state index contributed by atoms with van der Waals surface area (Å²) >= 11 is 0. The predicted octanol–water partition coefficient (Wildman–Crippen LogP) is 2.62. The summed E-state index contributed by atoms with van der Waals surface area (Å²) in [4.78, 5) is 9.38. The Labute approximate surface area is 64.8 Å². The van der Waals surface area contributed by atoms with Crippen LogP contribution >= 0.6 is 0 Å². The zero-order valence-corrected chi connectivity index (χ0v) is 7.48. The van der Waals surface area contributed by atoms with E-state index >= 15 is 0 Å². The highest BCUT2D eigenvalue weighted by molar-refractivity contribution is 5.52. The monoisotopic (exact) mass is 142 g/mol. The van der Waals surface area contributed by atoms with Crippen LogP contribution in [-0.2, 0) is 4.79 Å². The van der Waals surface area contributed by atoms with Gasteiger partial charge in [-0.25, -0.2) is 0 Å². The third-order valence-electron chi connectivity index (χ3n) is 0.813. The molecule has 0 saturated heterocycles. The fourth-order valence-corrected chi connectivity index (χ4v) is 0. The average molecular weight is 142 g/mol. The van der Waals surface area contributed by atoms with Crippen LogP contribution in [0.3, 0.4) is 0 Å². The molecule has 0 aliphatic carbocycles. The summed E-state index contributed by atoms with van der Waals surface area (Å²) in [6.07, 6.45) is 2.83. The van der Waals surface area contributed by atoms with Crippen LogP contribution in [0.5, 0.6) is 0 Å². The first-order valence-electron chi connectivity index (χ1n) is 3.71. The molecule has 0 aromatic carbocycles. The molecule has 2 radical (unpaired) electrons. The zero-order chi connectivity index (χ0) is 8.57. The lowest BCUT2D eigenvalue weighted by Gasteiger charge is -1.90. The van der Waals surface area contributed by atoms with E-state index in [0.29, 0.717) is 0 Å². The lowest BCUT2D eigenvalue weighted by atomic mass is 10.2. The topological polar surface area (TPSA) is 17.1 Å². The van der Waals surface area contributed by atoms with E-state index in [1.165, 1.54) is 0 Å². The van der Waals surface area contributed by atoms with Crippen molar-refractivity contribution in [2.75, 3.05) is 0 Å². The molecule has 0 fully saturated rings. The number of rotatable bonds is 2. The van der Waals surface area contributed by atoms with Crippen LogP contribution in [0.4, 0.5) is 0 Å². The van der Waals surface area contributed by atoms with Crippen LogP contribution in [0.15, 0.2) is 0 Å². The number of carbonyl (C=O) groups excluding carboxylic acids is 1. The minimum absolute atomic E-state index is 0.0787. The molecule has 0 N–H and O–H groups in total. The van der Waals surface area contributed by atoms with Crippen molar-refractivity contribution in [1.29, 1.82) is 0 Å². The Hall–Kier alpha value is -0.330. The molecule has 1 heteroatoms. The van der Waals surface area contributed by atoms with E-state index < -0.39 is 0 Å². The molecule has 0 spiro atoms. The van der Waals surface area contributed by atoms with Gasteiger partial charge in [-0.1, -0.05) is 41.0 Å². The van der Waals surface area contributed by atoms with E-state index in [1.54, 1.807) is 20.1 Å². The van der Waals surface area contributed by atoms with Gasteiger partial charge in [0, 0.05) is 5.92 Å². The molecule has 1 nitrogen and oxygen atoms in total. The third kappa shape index (κ3) is 25.3. The lowest BCUT2D eigenvalue weighted by molar-refractivity contribution is 0.537. The summed E-state index contributed by atoms with van der Waals surface area (Å²) < 4.78 is 0. The maximum atomic E-state index is 9.38. The predicted molar refractivity (Wildman–Crippen MR) is 45.3 cm³/mol. The Balaban J connectivity index is 0. The maximum absolute atomic E-state index is 9.38. The van der Waals surface area contributed by atoms with Gasteiger partial charge in [0.1, 0.15) is 0 Å². The Morgan fingerprint density at radius 3 is 1.50 bits per heavy atom. The smallest absolute Gasteiger partial charge is 0.201 e. The molecule has 0 unspecified atom stereocenters. The molecule has 0 aromatic rings. The molecule has 60 valence electrons. The van der Waals surface area contributed by atoms with Crippen LogP contribution in [0.25, 0.3) is 0 Å². The van der Waals surface area contributed by atoms with Crippen molar-refractivity contribution in [3.05, 3.63) is 6.92 Å². The summed E-state index contributed by atoms with van der Waals surface area (Å²) in [5.41, 5.74) is 0. The summed E-state index contributed by atoms with van der Waals surface area (Å²) in [5, 5.41) is 0. The number of hydrogen-bond acceptors (Lipinski definition) is 1. The Kier molecular flexibility index (Phi) is 10.7. The quantitative estimate of drug-likeness (QED) is 0.579. The molecule has 0 aliphatic rings. The van der Waals surface area contributed by atoms with Crippen molar-refractivity contribution < 1.29 is 4.79 Å². The van der Waals surface area contributed by atoms with Gasteiger partial charge < -0.3 is 0 Å². The Morgan fingerprint density at radius 2 is 1.50 bits per heavy atom. The minimum atomic E-state index is 0.0787. The van der Waals surface area contributed by atoms with E-state index in [4.69, 9.17) is 0 Å². The molecule has 0 amide bonds. The van der Waals surface area contributed by atoms with Gasteiger partial charge in [-0.05, 0) is 5.92 Å². The second kappa shape index (κ2) is 8.67. The summed E-state index contributed by atoms with van der Waals surface area (Å²) in [7, 11) is 0. The van der Waals surface area contributed by atoms with Crippen molar-refractivity contribution in [3.8, 4) is 0 Å². The van der Waals surface area contributed by atoms with Crippen molar-refractivity contribution in [3.63, 3.8) is 0 Å². The van der Waals surface area contributed by atoms with Crippen LogP contribution in [0, 0.1) is 18.8 Å². The van der Waals surface area contributed by atoms with Gasteiger partial charge in [-0.2, -0.15) is 0 Å². The number of hydrogen-bond donors (Lipinski definition) is 0. The lowest BCUT2D eigenvalue weighted by Crippen LogP contribution is -1.82. The summed E-state index contributed by atoms with van der Waals surface area (Å²) in [6.45, 7) is 11.6. The van der Waals surface area contributed by atoms with Crippen molar-refractivity contribution in [1.82, 2.24) is 0 Å². The molecular weight excluding hydrogens is 124 g/mol. The highest BCUT2D eigenvalue weighted by Crippen LogP contribution is 1.93. The molecule has 10 heavy (non-hydrogen) atoms. The molecule has 0 rings (SSSR count). The molecule has 0 aliphatic heterocycles. The fourth-order valence-electron chi connectivity index (χ4n) is 0. The van der Waals surface area contributed by atoms with Gasteiger partial charge in [-0.3, -0.25) is 4.79 Å². The van der Waals surface area contributed by atoms with E-state index in [1.807, 2.05) is 0 Å². The molecule has 0 atom stereocenters. The maximum Gasteiger partial charge on any atom is 0.201 e. The van der Waals surface area contributed by atoms with Gasteiger partial charge in [0.05, 0.1) is 0 Å². The van der Waals surface area contributed by atoms with Crippen LogP contribution in [0.1, 0.15) is 34.1 Å². The fraction of sp³-hybridized carbons (Fsp3) is 0.778. The largest absolute Gasteiger partial charge is 0.291 e. The first kappa shape index (κ1) is 12.4. The van der Waals surface area contributed by atoms with Crippen LogP contribution in [-0.4, -0.2) is 6.29 Å². The average Bonchev–Trinajstić information content (AvgIpc) is 1.89. The highest BCUT2D eigenvalue weighted by atomic mass is 16.1. The SMILES string of the molecule is CC(C)[C]=O.[CH2]CC(C)C. The van der Waals surface area contributed by atoms with E-state index in [0.717, 1.165) is 12.3 Å². The van der Waals surface area contributed by atoms with Crippen molar-refractivity contribution in [2.45, 2.75) is 34.1 Å². The first-order chi connectivity index (χ1) is 4.54. The standard InChI is InChI=1S/C5H11.C4H7O/c1-4-5(2)3;1-4(2)3-5/h5H,1,4H2,2-3H3;4H,1-2H3. The first-order valence-corrected chi connectivity index (χ1v) is 3.71. The molecule has 0 bridgehead atoms. The van der Waals surface area contributed by atoms with E-state index in [9.17, 15) is 4.79 Å². The van der Waals surface area contributed by atoms with E-state index in [2.05, 4.69) is 20.8 Å². The zero-order valence-electron chi connectivity index (χ0n) is 7.48. The van der Waals surface area contributed by atoms with Gasteiger partial charge in [0.2, 0.25) is 6.29 Å². The summed E-state index contributed by atoms with van der Waals surface area (Å²) in [6, 6.07) is 0. The van der Waals surface area contributed by atoms with Gasteiger partial charge in [0.15, 0.2) is 0 Å². The Morgan fingerprint density at radius 1 is 1.30 bits per heavy atom. The van der Waals surface area contributed by atoms with E-state index in [-0.39, 0.29) is 5.92 Å². The molecule has 0 aromatic heterocycles. The highest BCUT2D eigenvalue weighted by Gasteiger charge is 1.82. The van der Waals surface area contributed by atoms with Gasteiger partial charge in [-0.15, -0.1) is 0 Å². The molecule has 0 saturated carbocycles. The normalized spacial score (nSPS) is 9.10.